The van der Waals surface area contributed by atoms with E-state index in [0.717, 1.165) is 6.54 Å². The average molecular weight is 114 g/mol. The van der Waals surface area contributed by atoms with Crippen molar-refractivity contribution in [2.45, 2.75) is 32.5 Å². The fourth-order valence-electron chi connectivity index (χ4n) is 1.04. The summed E-state index contributed by atoms with van der Waals surface area (Å²) < 4.78 is 0. The summed E-state index contributed by atoms with van der Waals surface area (Å²) in [6, 6.07) is 0.667. The SMILES string of the molecule is CCC1NCC(C)N1. The summed E-state index contributed by atoms with van der Waals surface area (Å²) in [5, 5.41) is 6.74. The van der Waals surface area contributed by atoms with Crippen molar-refractivity contribution in [2.75, 3.05) is 6.54 Å². The Labute approximate surface area is 50.7 Å². The van der Waals surface area contributed by atoms with Crippen LogP contribution in [0.1, 0.15) is 20.3 Å². The molecule has 2 nitrogen and oxygen atoms in total. The molecule has 0 aromatic rings. The Hall–Kier alpha value is -0.0800. The first kappa shape index (κ1) is 6.05. The Kier molecular flexibility index (Phi) is 1.86. The van der Waals surface area contributed by atoms with E-state index in [1.54, 1.807) is 0 Å². The summed E-state index contributed by atoms with van der Waals surface area (Å²) in [5.41, 5.74) is 0. The van der Waals surface area contributed by atoms with E-state index in [1.165, 1.54) is 6.42 Å². The van der Waals surface area contributed by atoms with Crippen LogP contribution >= 0.6 is 0 Å². The van der Waals surface area contributed by atoms with Gasteiger partial charge in [0.25, 0.3) is 0 Å². The van der Waals surface area contributed by atoms with Gasteiger partial charge in [0, 0.05) is 12.6 Å². The molecule has 1 aliphatic heterocycles. The molecule has 2 atom stereocenters. The molecule has 2 N–H and O–H groups in total. The van der Waals surface area contributed by atoms with Crippen molar-refractivity contribution in [1.29, 1.82) is 0 Å². The van der Waals surface area contributed by atoms with Crippen molar-refractivity contribution in [3.05, 3.63) is 0 Å². The molecule has 0 aromatic heterocycles. The van der Waals surface area contributed by atoms with Gasteiger partial charge in [-0.15, -0.1) is 0 Å². The molecule has 2 unspecified atom stereocenters. The van der Waals surface area contributed by atoms with E-state index in [2.05, 4.69) is 24.5 Å². The first-order valence-electron chi connectivity index (χ1n) is 3.32. The summed E-state index contributed by atoms with van der Waals surface area (Å²) in [5.74, 6) is 0. The molecule has 8 heavy (non-hydrogen) atoms. The molecule has 1 fully saturated rings. The monoisotopic (exact) mass is 114 g/mol. The van der Waals surface area contributed by atoms with Crippen molar-refractivity contribution in [1.82, 2.24) is 10.6 Å². The highest BCUT2D eigenvalue weighted by Gasteiger charge is 2.15. The molecule has 0 saturated carbocycles. The minimum absolute atomic E-state index is 0.574. The molecule has 0 spiro atoms. The zero-order valence-electron chi connectivity index (χ0n) is 5.57. The predicted octanol–water partition coefficient (Wildman–Crippen LogP) is 0.304. The van der Waals surface area contributed by atoms with E-state index in [-0.39, 0.29) is 0 Å². The quantitative estimate of drug-likeness (QED) is 0.512. The summed E-state index contributed by atoms with van der Waals surface area (Å²) in [7, 11) is 0. The van der Waals surface area contributed by atoms with Gasteiger partial charge in [0.05, 0.1) is 6.17 Å². The predicted molar refractivity (Wildman–Crippen MR) is 34.7 cm³/mol. The van der Waals surface area contributed by atoms with Crippen LogP contribution < -0.4 is 10.6 Å². The highest BCUT2D eigenvalue weighted by Crippen LogP contribution is 1.95. The summed E-state index contributed by atoms with van der Waals surface area (Å²) in [4.78, 5) is 0. The second kappa shape index (κ2) is 2.46. The molecule has 48 valence electrons. The zero-order chi connectivity index (χ0) is 5.98. The molecule has 0 amide bonds. The average Bonchev–Trinajstić information content (AvgIpc) is 2.14. The molecule has 2 heteroatoms. The van der Waals surface area contributed by atoms with E-state index in [4.69, 9.17) is 0 Å². The van der Waals surface area contributed by atoms with Gasteiger partial charge in [-0.05, 0) is 13.3 Å². The number of hydrogen-bond donors (Lipinski definition) is 2. The van der Waals surface area contributed by atoms with Crippen LogP contribution in [-0.2, 0) is 0 Å². The highest BCUT2D eigenvalue weighted by molar-refractivity contribution is 4.78. The Morgan fingerprint density at radius 1 is 1.62 bits per heavy atom. The second-order valence-corrected chi connectivity index (χ2v) is 2.44. The standard InChI is InChI=1S/C6H14N2/c1-3-6-7-4-5(2)8-6/h5-8H,3-4H2,1-2H3. The van der Waals surface area contributed by atoms with E-state index < -0.39 is 0 Å². The maximum atomic E-state index is 3.39. The van der Waals surface area contributed by atoms with Crippen LogP contribution in [0.4, 0.5) is 0 Å². The molecule has 0 radical (unpaired) electrons. The van der Waals surface area contributed by atoms with Gasteiger partial charge in [-0.25, -0.2) is 0 Å². The zero-order valence-corrected chi connectivity index (χ0v) is 5.57. The molecule has 1 aliphatic rings. The van der Waals surface area contributed by atoms with Crippen molar-refractivity contribution in [3.63, 3.8) is 0 Å². The first-order valence-corrected chi connectivity index (χ1v) is 3.32. The molecule has 1 rings (SSSR count). The van der Waals surface area contributed by atoms with Crippen molar-refractivity contribution in [2.24, 2.45) is 0 Å². The third-order valence-corrected chi connectivity index (χ3v) is 1.56. The fourth-order valence-corrected chi connectivity index (χ4v) is 1.04. The van der Waals surface area contributed by atoms with Gasteiger partial charge < -0.3 is 5.32 Å². The summed E-state index contributed by atoms with van der Waals surface area (Å²) in [6.45, 7) is 5.50. The Morgan fingerprint density at radius 3 is 2.62 bits per heavy atom. The van der Waals surface area contributed by atoms with Crippen LogP contribution in [0.3, 0.4) is 0 Å². The van der Waals surface area contributed by atoms with Crippen molar-refractivity contribution >= 4 is 0 Å². The molecular formula is C6H14N2. The lowest BCUT2D eigenvalue weighted by Gasteiger charge is -2.06. The van der Waals surface area contributed by atoms with Gasteiger partial charge in [-0.3, -0.25) is 5.32 Å². The van der Waals surface area contributed by atoms with Gasteiger partial charge in [0.1, 0.15) is 0 Å². The third-order valence-electron chi connectivity index (χ3n) is 1.56. The van der Waals surface area contributed by atoms with Crippen LogP contribution in [0.2, 0.25) is 0 Å². The van der Waals surface area contributed by atoms with E-state index >= 15 is 0 Å². The molecule has 0 aromatic carbocycles. The van der Waals surface area contributed by atoms with Crippen LogP contribution in [0.5, 0.6) is 0 Å². The summed E-state index contributed by atoms with van der Waals surface area (Å²) in [6.07, 6.45) is 1.76. The Morgan fingerprint density at radius 2 is 2.38 bits per heavy atom. The lowest BCUT2D eigenvalue weighted by molar-refractivity contribution is 0.517. The van der Waals surface area contributed by atoms with E-state index in [1.807, 2.05) is 0 Å². The topological polar surface area (TPSA) is 24.1 Å². The Balaban J connectivity index is 2.22. The molecule has 1 saturated heterocycles. The molecule has 0 bridgehead atoms. The highest BCUT2D eigenvalue weighted by atomic mass is 15.2. The van der Waals surface area contributed by atoms with Crippen LogP contribution in [0, 0.1) is 0 Å². The minimum atomic E-state index is 0.574. The van der Waals surface area contributed by atoms with Crippen LogP contribution in [0.15, 0.2) is 0 Å². The number of nitrogens with one attached hydrogen (secondary N) is 2. The van der Waals surface area contributed by atoms with Crippen molar-refractivity contribution in [3.8, 4) is 0 Å². The Bertz CT molecular complexity index is 72.9. The van der Waals surface area contributed by atoms with Gasteiger partial charge in [0.2, 0.25) is 0 Å². The van der Waals surface area contributed by atoms with Crippen LogP contribution in [0.25, 0.3) is 0 Å². The lowest BCUT2D eigenvalue weighted by Crippen LogP contribution is -2.31. The van der Waals surface area contributed by atoms with E-state index in [0.29, 0.717) is 12.2 Å². The second-order valence-electron chi connectivity index (χ2n) is 2.44. The molecular weight excluding hydrogens is 100 g/mol. The van der Waals surface area contributed by atoms with Gasteiger partial charge >= 0.3 is 0 Å². The van der Waals surface area contributed by atoms with Crippen molar-refractivity contribution < 1.29 is 0 Å². The number of rotatable bonds is 1. The normalized spacial score (nSPS) is 38.2. The van der Waals surface area contributed by atoms with Crippen LogP contribution in [-0.4, -0.2) is 18.8 Å². The summed E-state index contributed by atoms with van der Waals surface area (Å²) >= 11 is 0. The number of hydrogen-bond acceptors (Lipinski definition) is 2. The fraction of sp³-hybridized carbons (Fsp3) is 1.00. The largest absolute Gasteiger partial charge is 0.300 e. The maximum Gasteiger partial charge on any atom is 0.0571 e. The van der Waals surface area contributed by atoms with Gasteiger partial charge in [-0.2, -0.15) is 0 Å². The molecule has 0 aliphatic carbocycles. The van der Waals surface area contributed by atoms with E-state index in [9.17, 15) is 0 Å². The van der Waals surface area contributed by atoms with Gasteiger partial charge in [-0.1, -0.05) is 6.92 Å². The van der Waals surface area contributed by atoms with Gasteiger partial charge in [0.15, 0.2) is 0 Å². The smallest absolute Gasteiger partial charge is 0.0571 e. The maximum absolute atomic E-state index is 3.39. The lowest BCUT2D eigenvalue weighted by atomic mass is 10.4. The molecule has 1 heterocycles. The minimum Gasteiger partial charge on any atom is -0.300 e. The first-order chi connectivity index (χ1) is 3.83. The third kappa shape index (κ3) is 1.20.